The highest BCUT2D eigenvalue weighted by Crippen LogP contribution is 1.82. The molecule has 0 rings (SSSR count). The summed E-state index contributed by atoms with van der Waals surface area (Å²) in [4.78, 5) is 9.94. The average molecular weight is 118 g/mol. The largest absolute Gasteiger partial charge is 0.480 e. The topological polar surface area (TPSA) is 89.3 Å². The van der Waals surface area contributed by atoms with E-state index in [9.17, 15) is 4.79 Å². The molecule has 8 heavy (non-hydrogen) atoms. The first-order valence-electron chi connectivity index (χ1n) is 2.29. The Balaban J connectivity index is 3.64. The predicted molar refractivity (Wildman–Crippen MR) is 29.3 cm³/mol. The minimum absolute atomic E-state index is 0.479. The van der Waals surface area contributed by atoms with Crippen molar-refractivity contribution >= 4 is 5.97 Å². The molecule has 0 fully saturated rings. The lowest BCUT2D eigenvalue weighted by atomic mass is 10.2. The van der Waals surface area contributed by atoms with Gasteiger partial charge in [-0.3, -0.25) is 4.79 Å². The highest BCUT2D eigenvalue weighted by Gasteiger charge is 2.14. The van der Waals surface area contributed by atoms with Gasteiger partial charge in [-0.1, -0.05) is 0 Å². The molecule has 0 saturated carbocycles. The Hall–Kier alpha value is -0.610. The summed E-state index contributed by atoms with van der Waals surface area (Å²) in [5.74, 6) is -1.06. The Morgan fingerprint density at radius 3 is 2.00 bits per heavy atom. The number of aliphatic carboxylic acids is 1. The number of hydrogen-bond donors (Lipinski definition) is 3. The molecule has 0 aliphatic heterocycles. The Labute approximate surface area is 47.5 Å². The second-order valence-corrected chi connectivity index (χ2v) is 1.72. The van der Waals surface area contributed by atoms with Gasteiger partial charge in [-0.05, 0) is 6.92 Å². The van der Waals surface area contributed by atoms with Gasteiger partial charge in [0, 0.05) is 6.04 Å². The van der Waals surface area contributed by atoms with E-state index in [-0.39, 0.29) is 0 Å². The smallest absolute Gasteiger partial charge is 0.322 e. The van der Waals surface area contributed by atoms with Crippen LogP contribution in [0.1, 0.15) is 6.92 Å². The summed E-state index contributed by atoms with van der Waals surface area (Å²) in [5.41, 5.74) is 10.2. The van der Waals surface area contributed by atoms with Gasteiger partial charge in [-0.15, -0.1) is 0 Å². The Bertz CT molecular complexity index is 92.0. The van der Waals surface area contributed by atoms with Crippen LogP contribution in [0.4, 0.5) is 0 Å². The lowest BCUT2D eigenvalue weighted by molar-refractivity contribution is -0.138. The van der Waals surface area contributed by atoms with Gasteiger partial charge in [0.15, 0.2) is 0 Å². The fraction of sp³-hybridized carbons (Fsp3) is 0.750. The third-order valence-corrected chi connectivity index (χ3v) is 0.852. The van der Waals surface area contributed by atoms with Crippen LogP contribution in [-0.4, -0.2) is 23.2 Å². The maximum atomic E-state index is 9.94. The van der Waals surface area contributed by atoms with Crippen molar-refractivity contribution in [3.8, 4) is 0 Å². The molecule has 0 aromatic rings. The maximum absolute atomic E-state index is 9.94. The standard InChI is InChI=1S/C4H10N2O2/c1-2(5)3(6)4(7)8/h2-3H,5-6H2,1H3,(H,7,8)/t2?,3-/m0/s1. The lowest BCUT2D eigenvalue weighted by Crippen LogP contribution is -2.44. The highest BCUT2D eigenvalue weighted by molar-refractivity contribution is 5.73. The van der Waals surface area contributed by atoms with Gasteiger partial charge < -0.3 is 16.6 Å². The Kier molecular flexibility index (Phi) is 2.44. The van der Waals surface area contributed by atoms with Gasteiger partial charge in [-0.2, -0.15) is 0 Å². The fourth-order valence-corrected chi connectivity index (χ4v) is 0.225. The van der Waals surface area contributed by atoms with Gasteiger partial charge in [0.2, 0.25) is 0 Å². The van der Waals surface area contributed by atoms with E-state index >= 15 is 0 Å². The molecule has 0 radical (unpaired) electrons. The van der Waals surface area contributed by atoms with Crippen molar-refractivity contribution in [2.24, 2.45) is 11.5 Å². The summed E-state index contributed by atoms with van der Waals surface area (Å²) in [6, 6.07) is -1.41. The van der Waals surface area contributed by atoms with Crippen molar-refractivity contribution in [1.29, 1.82) is 0 Å². The van der Waals surface area contributed by atoms with E-state index in [1.807, 2.05) is 0 Å². The molecule has 1 unspecified atom stereocenters. The van der Waals surface area contributed by atoms with E-state index < -0.39 is 18.1 Å². The van der Waals surface area contributed by atoms with Crippen LogP contribution >= 0.6 is 0 Å². The van der Waals surface area contributed by atoms with E-state index in [4.69, 9.17) is 16.6 Å². The summed E-state index contributed by atoms with van der Waals surface area (Å²) >= 11 is 0. The molecule has 0 amide bonds. The van der Waals surface area contributed by atoms with Crippen molar-refractivity contribution in [3.05, 3.63) is 0 Å². The number of rotatable bonds is 2. The van der Waals surface area contributed by atoms with Crippen LogP contribution in [0.3, 0.4) is 0 Å². The summed E-state index contributed by atoms with van der Waals surface area (Å²) in [6.45, 7) is 1.55. The minimum atomic E-state index is -1.06. The number of nitrogens with two attached hydrogens (primary N) is 2. The molecule has 2 atom stereocenters. The van der Waals surface area contributed by atoms with Crippen molar-refractivity contribution in [1.82, 2.24) is 0 Å². The SMILES string of the molecule is CC(N)[C@H](N)C(=O)O. The first-order chi connectivity index (χ1) is 3.55. The molecular formula is C4H10N2O2. The van der Waals surface area contributed by atoms with E-state index in [0.717, 1.165) is 0 Å². The molecule has 0 aromatic heterocycles. The quantitative estimate of drug-likeness (QED) is 0.422. The fourth-order valence-electron chi connectivity index (χ4n) is 0.225. The monoisotopic (exact) mass is 118 g/mol. The molecule has 0 aliphatic carbocycles. The van der Waals surface area contributed by atoms with Crippen molar-refractivity contribution in [2.75, 3.05) is 0 Å². The molecule has 0 bridgehead atoms. The Morgan fingerprint density at radius 2 is 2.00 bits per heavy atom. The third-order valence-electron chi connectivity index (χ3n) is 0.852. The number of carboxylic acids is 1. The average Bonchev–Trinajstić information content (AvgIpc) is 1.64. The van der Waals surface area contributed by atoms with E-state index in [1.165, 1.54) is 0 Å². The summed E-state index contributed by atoms with van der Waals surface area (Å²) in [5, 5.41) is 8.15. The van der Waals surface area contributed by atoms with Crippen LogP contribution in [0.25, 0.3) is 0 Å². The number of carboxylic acid groups (broad SMARTS) is 1. The van der Waals surface area contributed by atoms with Gasteiger partial charge in [0.05, 0.1) is 0 Å². The lowest BCUT2D eigenvalue weighted by Gasteiger charge is -2.08. The van der Waals surface area contributed by atoms with Crippen LogP contribution in [0, 0.1) is 0 Å². The van der Waals surface area contributed by atoms with E-state index in [2.05, 4.69) is 0 Å². The van der Waals surface area contributed by atoms with Crippen LogP contribution in [0.5, 0.6) is 0 Å². The molecule has 0 aromatic carbocycles. The maximum Gasteiger partial charge on any atom is 0.322 e. The van der Waals surface area contributed by atoms with Gasteiger partial charge in [0.1, 0.15) is 6.04 Å². The van der Waals surface area contributed by atoms with Crippen LogP contribution < -0.4 is 11.5 Å². The zero-order valence-electron chi connectivity index (χ0n) is 4.66. The normalized spacial score (nSPS) is 17.4. The Morgan fingerprint density at radius 1 is 1.62 bits per heavy atom. The second kappa shape index (κ2) is 2.64. The molecule has 0 saturated heterocycles. The zero-order valence-corrected chi connectivity index (χ0v) is 4.66. The third kappa shape index (κ3) is 1.90. The van der Waals surface area contributed by atoms with Crippen LogP contribution in [0.2, 0.25) is 0 Å². The molecule has 0 spiro atoms. The number of hydrogen-bond acceptors (Lipinski definition) is 3. The first kappa shape index (κ1) is 7.39. The molecule has 5 N–H and O–H groups in total. The van der Waals surface area contributed by atoms with Gasteiger partial charge in [-0.25, -0.2) is 0 Å². The molecule has 48 valence electrons. The molecular weight excluding hydrogens is 108 g/mol. The van der Waals surface area contributed by atoms with Crippen LogP contribution in [-0.2, 0) is 4.79 Å². The first-order valence-corrected chi connectivity index (χ1v) is 2.29. The van der Waals surface area contributed by atoms with E-state index in [1.54, 1.807) is 6.92 Å². The van der Waals surface area contributed by atoms with Crippen molar-refractivity contribution < 1.29 is 9.90 Å². The summed E-state index contributed by atoms with van der Waals surface area (Å²) < 4.78 is 0. The summed E-state index contributed by atoms with van der Waals surface area (Å²) in [7, 11) is 0. The van der Waals surface area contributed by atoms with Gasteiger partial charge in [0.25, 0.3) is 0 Å². The molecule has 4 heteroatoms. The molecule has 0 aliphatic rings. The molecule has 0 heterocycles. The number of carbonyl (C=O) groups is 1. The van der Waals surface area contributed by atoms with Crippen LogP contribution in [0.15, 0.2) is 0 Å². The van der Waals surface area contributed by atoms with Gasteiger partial charge >= 0.3 is 5.97 Å². The predicted octanol–water partition coefficient (Wildman–Crippen LogP) is -1.25. The zero-order chi connectivity index (χ0) is 6.73. The van der Waals surface area contributed by atoms with Crippen molar-refractivity contribution in [2.45, 2.75) is 19.0 Å². The second-order valence-electron chi connectivity index (χ2n) is 1.72. The van der Waals surface area contributed by atoms with E-state index in [0.29, 0.717) is 0 Å². The molecule has 4 nitrogen and oxygen atoms in total. The highest BCUT2D eigenvalue weighted by atomic mass is 16.4. The minimum Gasteiger partial charge on any atom is -0.480 e. The van der Waals surface area contributed by atoms with Crippen molar-refractivity contribution in [3.63, 3.8) is 0 Å². The summed E-state index contributed by atoms with van der Waals surface area (Å²) in [6.07, 6.45) is 0.